The van der Waals surface area contributed by atoms with E-state index >= 15 is 0 Å². The van der Waals surface area contributed by atoms with Gasteiger partial charge >= 0.3 is 5.97 Å². The van der Waals surface area contributed by atoms with Crippen LogP contribution < -0.4 is 9.04 Å². The molecule has 7 nitrogen and oxygen atoms in total. The molecule has 0 spiro atoms. The lowest BCUT2D eigenvalue weighted by molar-refractivity contribution is -0.160. The first-order valence-corrected chi connectivity index (χ1v) is 13.4. The molecule has 1 N–H and O–H groups in total. The number of carboxylic acids is 1. The molecule has 0 fully saturated rings. The van der Waals surface area contributed by atoms with Gasteiger partial charge in [0.05, 0.1) is 23.3 Å². The van der Waals surface area contributed by atoms with Crippen LogP contribution in [0.1, 0.15) is 49.1 Å². The molecule has 37 heavy (non-hydrogen) atoms. The van der Waals surface area contributed by atoms with E-state index in [1.807, 2.05) is 38.1 Å². The smallest absolute Gasteiger partial charge is 0.337 e. The zero-order valence-electron chi connectivity index (χ0n) is 22.5. The van der Waals surface area contributed by atoms with E-state index in [2.05, 4.69) is 0 Å². The summed E-state index contributed by atoms with van der Waals surface area (Å²) in [5.74, 6) is -0.703. The molecule has 0 amide bonds. The molecule has 0 bridgehead atoms. The Kier molecular flexibility index (Phi) is 6.63. The second-order valence-corrected chi connectivity index (χ2v) is 12.3. The maximum absolute atomic E-state index is 13.7. The van der Waals surface area contributed by atoms with Gasteiger partial charge in [-0.05, 0) is 75.9 Å². The molecule has 0 saturated heterocycles. The third-order valence-corrected chi connectivity index (χ3v) is 8.52. The van der Waals surface area contributed by atoms with Crippen LogP contribution in [0.5, 0.6) is 5.75 Å². The average molecular weight is 524 g/mol. The van der Waals surface area contributed by atoms with Crippen molar-refractivity contribution in [1.29, 1.82) is 0 Å². The van der Waals surface area contributed by atoms with Gasteiger partial charge in [0.25, 0.3) is 10.0 Å². The summed E-state index contributed by atoms with van der Waals surface area (Å²) in [6, 6.07) is 12.9. The van der Waals surface area contributed by atoms with Crippen molar-refractivity contribution >= 4 is 21.7 Å². The molecule has 3 aromatic carbocycles. The Labute approximate surface area is 218 Å². The number of rotatable bonds is 5. The summed E-state index contributed by atoms with van der Waals surface area (Å²) in [6.07, 6.45) is -1.31. The Bertz CT molecular complexity index is 1500. The Balaban J connectivity index is 2.20. The number of ether oxygens (including phenoxy) is 2. The Hall–Kier alpha value is -3.36. The Morgan fingerprint density at radius 3 is 2.14 bits per heavy atom. The molecule has 0 saturated carbocycles. The highest BCUT2D eigenvalue weighted by molar-refractivity contribution is 7.93. The van der Waals surface area contributed by atoms with Crippen molar-refractivity contribution in [2.45, 2.75) is 58.1 Å². The third kappa shape index (κ3) is 4.49. The van der Waals surface area contributed by atoms with E-state index in [9.17, 15) is 18.3 Å². The topological polar surface area (TPSA) is 93.1 Å². The lowest BCUT2D eigenvalue weighted by atomic mass is 9.82. The van der Waals surface area contributed by atoms with Gasteiger partial charge in [0.2, 0.25) is 0 Å². The molecule has 1 heterocycles. The van der Waals surface area contributed by atoms with Crippen molar-refractivity contribution in [1.82, 2.24) is 0 Å². The van der Waals surface area contributed by atoms with Crippen molar-refractivity contribution < 1.29 is 27.8 Å². The number of hydrogen-bond donors (Lipinski definition) is 1. The van der Waals surface area contributed by atoms with E-state index in [1.54, 1.807) is 39.8 Å². The van der Waals surface area contributed by atoms with Crippen LogP contribution in [0.4, 0.5) is 5.69 Å². The molecule has 1 aliphatic rings. The maximum atomic E-state index is 13.7. The third-order valence-electron chi connectivity index (χ3n) is 6.72. The van der Waals surface area contributed by atoms with Gasteiger partial charge in [-0.25, -0.2) is 13.2 Å². The lowest BCUT2D eigenvalue weighted by Crippen LogP contribution is -2.33. The van der Waals surface area contributed by atoms with Gasteiger partial charge in [-0.1, -0.05) is 29.8 Å². The normalized spacial score (nSPS) is 15.1. The largest absolute Gasteiger partial charge is 0.497 e. The zero-order chi connectivity index (χ0) is 27.4. The number of benzene rings is 3. The predicted octanol–water partition coefficient (Wildman–Crippen LogP) is 6.03. The van der Waals surface area contributed by atoms with E-state index in [0.29, 0.717) is 28.1 Å². The Morgan fingerprint density at radius 1 is 0.973 bits per heavy atom. The first-order chi connectivity index (χ1) is 17.2. The van der Waals surface area contributed by atoms with Crippen LogP contribution in [0.15, 0.2) is 47.4 Å². The van der Waals surface area contributed by atoms with Crippen LogP contribution in [0.3, 0.4) is 0 Å². The highest BCUT2D eigenvalue weighted by atomic mass is 32.2. The van der Waals surface area contributed by atoms with Crippen LogP contribution in [-0.4, -0.2) is 39.3 Å². The molecule has 8 heteroatoms. The van der Waals surface area contributed by atoms with Gasteiger partial charge in [0.15, 0.2) is 6.10 Å². The van der Waals surface area contributed by atoms with Gasteiger partial charge in [-0.2, -0.15) is 0 Å². The summed E-state index contributed by atoms with van der Waals surface area (Å²) in [6.45, 7) is 11.1. The molecule has 3 aromatic rings. The van der Waals surface area contributed by atoms with E-state index < -0.39 is 27.7 Å². The number of fused-ring (bicyclic) bond motifs is 3. The standard InChI is InChI=1S/C29H33NO6S/c1-16-9-11-19(12-10-16)23-17(2)24-21-14-13-20(35-8)15-22(21)37(33,34)30(7)26(24)18(3)25(23)27(28(31)32)36-29(4,5)6/h9-15,27H,1-8H3,(H,31,32)/t27-/m0/s1. The van der Waals surface area contributed by atoms with Gasteiger partial charge in [0, 0.05) is 29.8 Å². The molecular formula is C29H33NO6S. The minimum atomic E-state index is -3.92. The van der Waals surface area contributed by atoms with Crippen LogP contribution >= 0.6 is 0 Å². The monoisotopic (exact) mass is 523 g/mol. The van der Waals surface area contributed by atoms with Crippen LogP contribution in [0, 0.1) is 20.8 Å². The number of aryl methyl sites for hydroxylation is 1. The quantitative estimate of drug-likeness (QED) is 0.439. The SMILES string of the molecule is COc1ccc2c(c1)S(=O)(=O)N(C)c1c(C)c([C@H](OC(C)(C)C)C(=O)O)c(-c3ccc(C)cc3)c(C)c1-2. The van der Waals surface area contributed by atoms with Crippen LogP contribution in [0.2, 0.25) is 0 Å². The summed E-state index contributed by atoms with van der Waals surface area (Å²) in [5.41, 5.74) is 5.38. The number of nitrogens with zero attached hydrogens (tertiary/aromatic N) is 1. The molecule has 0 radical (unpaired) electrons. The highest BCUT2D eigenvalue weighted by Gasteiger charge is 2.40. The fraction of sp³-hybridized carbons (Fsp3) is 0.345. The molecule has 4 rings (SSSR count). The number of methoxy groups -OCH3 is 1. The van der Waals surface area contributed by atoms with Gasteiger partial charge in [0.1, 0.15) is 5.75 Å². The molecule has 196 valence electrons. The molecule has 0 aliphatic carbocycles. The summed E-state index contributed by atoms with van der Waals surface area (Å²) in [5, 5.41) is 10.3. The minimum Gasteiger partial charge on any atom is -0.497 e. The highest BCUT2D eigenvalue weighted by Crippen LogP contribution is 2.52. The summed E-state index contributed by atoms with van der Waals surface area (Å²) < 4.78 is 40.0. The number of hydrogen-bond acceptors (Lipinski definition) is 5. The van der Waals surface area contributed by atoms with Crippen molar-refractivity contribution in [2.75, 3.05) is 18.5 Å². The van der Waals surface area contributed by atoms with E-state index in [4.69, 9.17) is 9.47 Å². The molecule has 0 aromatic heterocycles. The second-order valence-electron chi connectivity index (χ2n) is 10.4. The summed E-state index contributed by atoms with van der Waals surface area (Å²) in [4.78, 5) is 12.8. The number of carbonyl (C=O) groups is 1. The lowest BCUT2D eigenvalue weighted by Gasteiger charge is -2.36. The van der Waals surface area contributed by atoms with Crippen molar-refractivity contribution in [2.24, 2.45) is 0 Å². The first-order valence-electron chi connectivity index (χ1n) is 12.0. The number of sulfonamides is 1. The van der Waals surface area contributed by atoms with Crippen molar-refractivity contribution in [3.05, 3.63) is 64.7 Å². The number of carboxylic acid groups (broad SMARTS) is 1. The first kappa shape index (κ1) is 26.7. The van der Waals surface area contributed by atoms with Crippen LogP contribution in [-0.2, 0) is 19.6 Å². The van der Waals surface area contributed by atoms with Crippen molar-refractivity contribution in [3.63, 3.8) is 0 Å². The van der Waals surface area contributed by atoms with E-state index in [-0.39, 0.29) is 4.90 Å². The number of anilines is 1. The van der Waals surface area contributed by atoms with Crippen molar-refractivity contribution in [3.8, 4) is 28.0 Å². The molecule has 0 unspecified atom stereocenters. The van der Waals surface area contributed by atoms with Gasteiger partial charge < -0.3 is 14.6 Å². The average Bonchev–Trinajstić information content (AvgIpc) is 2.82. The number of aliphatic carboxylic acids is 1. The summed E-state index contributed by atoms with van der Waals surface area (Å²) in [7, 11) is -0.930. The molecular weight excluding hydrogens is 490 g/mol. The fourth-order valence-electron chi connectivity index (χ4n) is 5.05. The fourth-order valence-corrected chi connectivity index (χ4v) is 6.53. The van der Waals surface area contributed by atoms with E-state index in [0.717, 1.165) is 27.8 Å². The molecule has 1 atom stereocenters. The summed E-state index contributed by atoms with van der Waals surface area (Å²) >= 11 is 0. The Morgan fingerprint density at radius 2 is 1.59 bits per heavy atom. The predicted molar refractivity (Wildman–Crippen MR) is 145 cm³/mol. The van der Waals surface area contributed by atoms with Gasteiger partial charge in [-0.3, -0.25) is 4.31 Å². The van der Waals surface area contributed by atoms with E-state index in [1.165, 1.54) is 24.5 Å². The molecule has 1 aliphatic heterocycles. The minimum absolute atomic E-state index is 0.146. The second kappa shape index (κ2) is 9.19. The zero-order valence-corrected chi connectivity index (χ0v) is 23.3. The van der Waals surface area contributed by atoms with Crippen LogP contribution in [0.25, 0.3) is 22.3 Å². The maximum Gasteiger partial charge on any atom is 0.337 e. The van der Waals surface area contributed by atoms with Gasteiger partial charge in [-0.15, -0.1) is 0 Å².